The van der Waals surface area contributed by atoms with Crippen molar-refractivity contribution in [1.29, 1.82) is 0 Å². The molecule has 6 unspecified atom stereocenters. The molecule has 4 nitrogen and oxygen atoms in total. The van der Waals surface area contributed by atoms with Crippen LogP contribution in [-0.2, 0) is 14.3 Å². The van der Waals surface area contributed by atoms with E-state index in [2.05, 4.69) is 20.8 Å². The Morgan fingerprint density at radius 2 is 1.87 bits per heavy atom. The van der Waals surface area contributed by atoms with Crippen LogP contribution in [0, 0.1) is 23.7 Å². The Kier molecular flexibility index (Phi) is 4.38. The molecule has 2 saturated heterocycles. The Morgan fingerprint density at radius 1 is 1.13 bits per heavy atom. The summed E-state index contributed by atoms with van der Waals surface area (Å²) < 4.78 is 12.9. The van der Waals surface area contributed by atoms with Crippen molar-refractivity contribution in [1.82, 2.24) is 0 Å². The Bertz CT molecular complexity index is 1030. The Balaban J connectivity index is 1.53. The predicted octanol–water partition coefficient (Wildman–Crippen LogP) is 5.18. The maximum absolute atomic E-state index is 13.3. The molecule has 2 bridgehead atoms. The van der Waals surface area contributed by atoms with Crippen LogP contribution >= 0.6 is 0 Å². The van der Waals surface area contributed by atoms with E-state index in [1.165, 1.54) is 0 Å². The molecule has 3 aliphatic rings. The maximum Gasteiger partial charge on any atom is 0.338 e. The fourth-order valence-electron chi connectivity index (χ4n) is 6.39. The Morgan fingerprint density at radius 3 is 2.60 bits per heavy atom. The van der Waals surface area contributed by atoms with E-state index in [4.69, 9.17) is 9.47 Å². The van der Waals surface area contributed by atoms with Crippen LogP contribution in [0.5, 0.6) is 0 Å². The molecule has 2 aromatic carbocycles. The van der Waals surface area contributed by atoms with Crippen LogP contribution in [0.1, 0.15) is 57.3 Å². The second-order valence-electron chi connectivity index (χ2n) is 10.0. The zero-order valence-electron chi connectivity index (χ0n) is 18.2. The Hall–Kier alpha value is -2.20. The van der Waals surface area contributed by atoms with Crippen LogP contribution < -0.4 is 0 Å². The van der Waals surface area contributed by atoms with E-state index < -0.39 is 17.3 Å². The summed E-state index contributed by atoms with van der Waals surface area (Å²) in [7, 11) is 0. The number of hydrogen-bond donors (Lipinski definition) is 0. The standard InChI is InChI=1S/C26H30O4/c1-15(2)26-14-21(27)25(4,30-26)20-12-9-16(3)22(20)23(26)29-24(28)19-11-10-17-7-5-6-8-18(17)13-19/h5-8,10-11,13,15-16,20,22-23H,9,12,14H2,1-4H3. The van der Waals surface area contributed by atoms with Gasteiger partial charge in [0.25, 0.3) is 0 Å². The van der Waals surface area contributed by atoms with E-state index in [0.717, 1.165) is 23.6 Å². The minimum absolute atomic E-state index is 0.0754. The number of fused-ring (bicyclic) bond motifs is 5. The number of rotatable bonds is 3. The van der Waals surface area contributed by atoms with Gasteiger partial charge in [0.05, 0.1) is 5.56 Å². The van der Waals surface area contributed by atoms with Crippen molar-refractivity contribution >= 4 is 22.5 Å². The first-order chi connectivity index (χ1) is 14.3. The quantitative estimate of drug-likeness (QED) is 0.659. The summed E-state index contributed by atoms with van der Waals surface area (Å²) in [5, 5.41) is 2.11. The SMILES string of the molecule is CC1CCC2C1C(OC(=O)c1ccc3ccccc3c1)C1(C(C)C)CC(=O)C2(C)O1. The van der Waals surface area contributed by atoms with Crippen LogP contribution in [0.3, 0.4) is 0 Å². The van der Waals surface area contributed by atoms with Crippen molar-refractivity contribution in [2.75, 3.05) is 0 Å². The van der Waals surface area contributed by atoms with Gasteiger partial charge in [0, 0.05) is 18.3 Å². The minimum Gasteiger partial charge on any atom is -0.455 e. The highest BCUT2D eigenvalue weighted by Gasteiger charge is 2.71. The third-order valence-electron chi connectivity index (χ3n) is 8.18. The van der Waals surface area contributed by atoms with Crippen LogP contribution in [-0.4, -0.2) is 29.1 Å². The molecule has 0 aromatic heterocycles. The monoisotopic (exact) mass is 406 g/mol. The average Bonchev–Trinajstić information content (AvgIpc) is 3.23. The lowest BCUT2D eigenvalue weighted by atomic mass is 9.69. The lowest BCUT2D eigenvalue weighted by Gasteiger charge is -2.52. The molecule has 158 valence electrons. The second-order valence-corrected chi connectivity index (χ2v) is 10.0. The first kappa shape index (κ1) is 19.7. The Labute approximate surface area is 177 Å². The largest absolute Gasteiger partial charge is 0.455 e. The molecular weight excluding hydrogens is 376 g/mol. The number of ether oxygens (including phenoxy) is 2. The van der Waals surface area contributed by atoms with E-state index in [-0.39, 0.29) is 29.5 Å². The molecule has 0 amide bonds. The van der Waals surface area contributed by atoms with Gasteiger partial charge < -0.3 is 9.47 Å². The first-order valence-electron chi connectivity index (χ1n) is 11.2. The van der Waals surface area contributed by atoms with Gasteiger partial charge in [0.15, 0.2) is 5.78 Å². The van der Waals surface area contributed by atoms with Crippen molar-refractivity contribution in [3.05, 3.63) is 48.0 Å². The number of ketones is 1. The number of carbonyl (C=O) groups is 2. The molecule has 2 heterocycles. The molecule has 4 heteroatoms. The van der Waals surface area contributed by atoms with Gasteiger partial charge >= 0.3 is 5.97 Å². The van der Waals surface area contributed by atoms with E-state index in [1.807, 2.05) is 49.4 Å². The van der Waals surface area contributed by atoms with Gasteiger partial charge in [-0.2, -0.15) is 0 Å². The van der Waals surface area contributed by atoms with Crippen molar-refractivity contribution in [3.8, 4) is 0 Å². The first-order valence-corrected chi connectivity index (χ1v) is 11.2. The molecule has 3 fully saturated rings. The number of Topliss-reactive ketones (excluding diaryl/α,β-unsaturated/α-hetero) is 1. The fraction of sp³-hybridized carbons (Fsp3) is 0.538. The van der Waals surface area contributed by atoms with Gasteiger partial charge in [0.1, 0.15) is 17.3 Å². The third-order valence-corrected chi connectivity index (χ3v) is 8.18. The van der Waals surface area contributed by atoms with Gasteiger partial charge in [-0.3, -0.25) is 4.79 Å². The molecule has 2 aromatic rings. The lowest BCUT2D eigenvalue weighted by Crippen LogP contribution is -2.62. The number of esters is 1. The molecule has 6 atom stereocenters. The second kappa shape index (κ2) is 6.65. The number of benzene rings is 2. The highest BCUT2D eigenvalue weighted by Crippen LogP contribution is 2.61. The number of hydrogen-bond acceptors (Lipinski definition) is 4. The van der Waals surface area contributed by atoms with E-state index in [9.17, 15) is 9.59 Å². The molecular formula is C26H30O4. The van der Waals surface area contributed by atoms with Crippen LogP contribution in [0.2, 0.25) is 0 Å². The zero-order valence-corrected chi connectivity index (χ0v) is 18.2. The molecule has 5 rings (SSSR count). The summed E-state index contributed by atoms with van der Waals surface area (Å²) >= 11 is 0. The van der Waals surface area contributed by atoms with Crippen molar-refractivity contribution in [2.24, 2.45) is 23.7 Å². The molecule has 0 N–H and O–H groups in total. The summed E-state index contributed by atoms with van der Waals surface area (Å²) in [4.78, 5) is 26.4. The minimum atomic E-state index is -0.744. The summed E-state index contributed by atoms with van der Waals surface area (Å²) in [6.07, 6.45) is 1.92. The van der Waals surface area contributed by atoms with E-state index >= 15 is 0 Å². The molecule has 2 aliphatic heterocycles. The summed E-state index contributed by atoms with van der Waals surface area (Å²) in [5.74, 6) is 0.591. The van der Waals surface area contributed by atoms with Gasteiger partial charge in [-0.15, -0.1) is 0 Å². The summed E-state index contributed by atoms with van der Waals surface area (Å²) in [6, 6.07) is 13.7. The molecule has 0 spiro atoms. The lowest BCUT2D eigenvalue weighted by molar-refractivity contribution is -0.248. The van der Waals surface area contributed by atoms with E-state index in [0.29, 0.717) is 17.9 Å². The normalized spacial score (nSPS) is 37.6. The molecule has 1 aliphatic carbocycles. The third kappa shape index (κ3) is 2.62. The molecule has 1 saturated carbocycles. The average molecular weight is 407 g/mol. The van der Waals surface area contributed by atoms with E-state index in [1.54, 1.807) is 0 Å². The van der Waals surface area contributed by atoms with Crippen LogP contribution in [0.15, 0.2) is 42.5 Å². The maximum atomic E-state index is 13.3. The fourth-order valence-corrected chi connectivity index (χ4v) is 6.39. The van der Waals surface area contributed by atoms with Crippen molar-refractivity contribution in [3.63, 3.8) is 0 Å². The highest BCUT2D eigenvalue weighted by atomic mass is 16.6. The van der Waals surface area contributed by atoms with Gasteiger partial charge in [-0.1, -0.05) is 51.1 Å². The van der Waals surface area contributed by atoms with Crippen molar-refractivity contribution < 1.29 is 19.1 Å². The van der Waals surface area contributed by atoms with Crippen LogP contribution in [0.4, 0.5) is 0 Å². The smallest absolute Gasteiger partial charge is 0.338 e. The van der Waals surface area contributed by atoms with Gasteiger partial charge in [0.2, 0.25) is 0 Å². The highest BCUT2D eigenvalue weighted by molar-refractivity contribution is 5.96. The summed E-state index contributed by atoms with van der Waals surface area (Å²) in [6.45, 7) is 8.36. The summed E-state index contributed by atoms with van der Waals surface area (Å²) in [5.41, 5.74) is -0.934. The zero-order chi connectivity index (χ0) is 21.3. The molecule has 30 heavy (non-hydrogen) atoms. The van der Waals surface area contributed by atoms with Crippen LogP contribution in [0.25, 0.3) is 10.8 Å². The van der Waals surface area contributed by atoms with Gasteiger partial charge in [-0.05, 0) is 54.5 Å². The van der Waals surface area contributed by atoms with Gasteiger partial charge in [-0.25, -0.2) is 4.79 Å². The topological polar surface area (TPSA) is 52.6 Å². The number of carbonyl (C=O) groups excluding carboxylic acids is 2. The van der Waals surface area contributed by atoms with Crippen molar-refractivity contribution in [2.45, 2.75) is 64.3 Å². The molecule has 0 radical (unpaired) electrons. The predicted molar refractivity (Wildman–Crippen MR) is 115 cm³/mol.